The lowest BCUT2D eigenvalue weighted by molar-refractivity contribution is -0.116. The molecule has 16 rings (SSSR count). The number of anilines is 16. The normalized spacial score (nSPS) is 13.5. The topological polar surface area (TPSA) is 389 Å². The van der Waals surface area contributed by atoms with Crippen molar-refractivity contribution in [1.82, 2.24) is 39.9 Å². The number of fused-ring (bicyclic) bond motifs is 4. The SMILES string of the molecule is COC(=O)c1ccc(N2C(=O)N(c3ccc(OC)cc3)Cc3cnc(NCC(F)(F)F)nc32)cc1.COc1ccc(N2Cc3cnc(NCC(F)(F)F)nc3N(c3ccc(Br)cc3)C2=O)cc1.COc1ccc(N2Cc3cnc(NCC(F)(F)F)nc3N(c3ccc(C(=O)O)cc3)C2=O)cc1.COc1ccc(N2Cc3cnc(NCC(F)(F)F)nc3N(c3ccc(C(N)=O)cc3)C2=O)cc1. The summed E-state index contributed by atoms with van der Waals surface area (Å²) in [5, 5.41) is 17.7. The highest BCUT2D eigenvalue weighted by atomic mass is 79.9. The van der Waals surface area contributed by atoms with Crippen molar-refractivity contribution in [1.29, 1.82) is 0 Å². The zero-order chi connectivity index (χ0) is 97.0. The second-order valence-corrected chi connectivity index (χ2v) is 29.8. The van der Waals surface area contributed by atoms with E-state index in [1.807, 2.05) is 0 Å². The molecular formula is C88H74BrF12N21O13. The van der Waals surface area contributed by atoms with Crippen LogP contribution in [0.3, 0.4) is 0 Å². The van der Waals surface area contributed by atoms with Crippen LogP contribution in [0.1, 0.15) is 53.3 Å². The molecule has 700 valence electrons. The van der Waals surface area contributed by atoms with Crippen LogP contribution in [0.25, 0.3) is 0 Å². The minimum Gasteiger partial charge on any atom is -0.497 e. The summed E-state index contributed by atoms with van der Waals surface area (Å²) >= 11 is 3.36. The number of hydrogen-bond acceptors (Lipinski definition) is 24. The fourth-order valence-electron chi connectivity index (χ4n) is 13.4. The molecule has 9 amide bonds. The predicted molar refractivity (Wildman–Crippen MR) is 473 cm³/mol. The highest BCUT2D eigenvalue weighted by molar-refractivity contribution is 9.10. The van der Waals surface area contributed by atoms with Crippen molar-refractivity contribution in [3.8, 4) is 23.0 Å². The number of benzene rings is 8. The quantitative estimate of drug-likeness (QED) is 0.0256. The van der Waals surface area contributed by atoms with E-state index < -0.39 is 92.9 Å². The molecule has 135 heavy (non-hydrogen) atoms. The summed E-state index contributed by atoms with van der Waals surface area (Å²) in [6.07, 6.45) is -12.3. The number of urea groups is 4. The molecule has 8 aromatic carbocycles. The number of primary amides is 1. The Bertz CT molecular complexity index is 6120. The number of rotatable bonds is 23. The Morgan fingerprint density at radius 2 is 0.556 bits per heavy atom. The number of aromatic nitrogens is 8. The van der Waals surface area contributed by atoms with E-state index in [2.05, 4.69) is 77.1 Å². The number of nitrogens with zero attached hydrogens (tertiary/aromatic N) is 16. The van der Waals surface area contributed by atoms with Crippen LogP contribution in [0, 0.1) is 0 Å². The number of esters is 1. The number of halogens is 13. The molecule has 12 aromatic rings. The fraction of sp³-hybridized carbons (Fsp3) is 0.193. The smallest absolute Gasteiger partial charge is 0.405 e. The van der Waals surface area contributed by atoms with E-state index >= 15 is 0 Å². The Morgan fingerprint density at radius 1 is 0.341 bits per heavy atom. The second kappa shape index (κ2) is 41.0. The van der Waals surface area contributed by atoms with E-state index in [1.54, 1.807) is 128 Å². The van der Waals surface area contributed by atoms with E-state index in [0.29, 0.717) is 85.1 Å². The van der Waals surface area contributed by atoms with Crippen molar-refractivity contribution < 1.29 is 115 Å². The summed E-state index contributed by atoms with van der Waals surface area (Å²) in [5.41, 5.74) is 11.7. The van der Waals surface area contributed by atoms with Crippen molar-refractivity contribution in [2.75, 3.05) is 122 Å². The van der Waals surface area contributed by atoms with Gasteiger partial charge in [-0.2, -0.15) is 72.6 Å². The number of ether oxygens (including phenoxy) is 5. The van der Waals surface area contributed by atoms with Gasteiger partial charge in [0, 0.05) is 79.8 Å². The number of hydrogen-bond donors (Lipinski definition) is 6. The number of amides is 9. The van der Waals surface area contributed by atoms with Crippen LogP contribution in [0.15, 0.2) is 223 Å². The number of aromatic carboxylic acids is 1. The van der Waals surface area contributed by atoms with Crippen LogP contribution in [0.4, 0.5) is 164 Å². The van der Waals surface area contributed by atoms with Gasteiger partial charge in [-0.1, -0.05) is 15.9 Å². The third kappa shape index (κ3) is 23.7. The molecule has 47 heteroatoms. The zero-order valence-corrected chi connectivity index (χ0v) is 72.5. The van der Waals surface area contributed by atoms with Crippen LogP contribution < -0.4 is 85.1 Å². The Balaban J connectivity index is 0.000000153. The molecule has 7 N–H and O–H groups in total. The maximum absolute atomic E-state index is 13.6. The molecule has 8 heterocycles. The number of carboxylic acids is 1. The summed E-state index contributed by atoms with van der Waals surface area (Å²) < 4.78 is 178. The van der Waals surface area contributed by atoms with E-state index in [1.165, 1.54) is 165 Å². The Morgan fingerprint density at radius 3 is 0.763 bits per heavy atom. The first-order valence-electron chi connectivity index (χ1n) is 39.6. The van der Waals surface area contributed by atoms with Crippen LogP contribution in [0.2, 0.25) is 0 Å². The standard InChI is InChI=1S/C23H20F3N5O4.C22H19F3N6O3.C22H18F3N5O4.C21H17BrF3N5O2/c1-34-18-9-7-16(8-10-18)30-12-15-11-27-21(28-13-23(24,25)26)29-19(15)31(22(30)33)17-5-3-14(4-6-17)20(32)35-2;1-34-17-8-6-15(7-9-17)30-11-14-10-27-20(28-12-22(23,24)25)29-19(14)31(21(30)33)16-4-2-13(3-5-16)18(26)32;1-34-17-8-6-15(7-9-17)29-11-14-10-26-20(27-12-22(23,24)25)28-18(14)30(21(29)33)16-4-2-13(3-5-16)19(31)32;1-32-17-8-6-15(7-9-17)29-11-13-10-26-19(27-12-21(23,24)25)28-18(13)30(20(29)31)16-4-2-14(22)3-5-16/h3-11H,12-13H2,1-2H3,(H,27,28,29);2-10H,11-12H2,1H3,(H2,26,32)(H,27,28,29);2-10H,11-12H2,1H3,(H,31,32)(H,26,27,28);2-10H,11-12H2,1H3,(H,26,27,28). The zero-order valence-electron chi connectivity index (χ0n) is 70.9. The third-order valence-corrected chi connectivity index (χ3v) is 20.5. The lowest BCUT2D eigenvalue weighted by atomic mass is 10.1. The first-order valence-corrected chi connectivity index (χ1v) is 40.4. The van der Waals surface area contributed by atoms with Gasteiger partial charge in [0.15, 0.2) is 23.3 Å². The molecule has 0 fully saturated rings. The highest BCUT2D eigenvalue weighted by Gasteiger charge is 2.41. The third-order valence-electron chi connectivity index (χ3n) is 20.0. The van der Waals surface area contributed by atoms with E-state index in [4.69, 9.17) is 29.4 Å². The van der Waals surface area contributed by atoms with Gasteiger partial charge in [0.2, 0.25) is 29.7 Å². The maximum Gasteiger partial charge on any atom is 0.405 e. The van der Waals surface area contributed by atoms with Gasteiger partial charge in [-0.05, 0) is 194 Å². The largest absolute Gasteiger partial charge is 0.497 e. The highest BCUT2D eigenvalue weighted by Crippen LogP contribution is 2.43. The van der Waals surface area contributed by atoms with Gasteiger partial charge in [-0.15, -0.1) is 0 Å². The molecule has 0 radical (unpaired) electrons. The molecule has 0 aliphatic carbocycles. The van der Waals surface area contributed by atoms with Gasteiger partial charge in [0.25, 0.3) is 0 Å². The summed E-state index contributed by atoms with van der Waals surface area (Å²) in [7, 11) is 7.37. The first kappa shape index (κ1) is 96.2. The predicted octanol–water partition coefficient (Wildman–Crippen LogP) is 18.3. The second-order valence-electron chi connectivity index (χ2n) is 28.9. The lowest BCUT2D eigenvalue weighted by Crippen LogP contribution is -2.45. The number of nitrogens with two attached hydrogens (primary N) is 1. The minimum atomic E-state index is -4.48. The number of alkyl halides is 12. The average Bonchev–Trinajstić information content (AvgIpc) is 0.774. The number of methoxy groups -OCH3 is 5. The molecule has 0 unspecified atom stereocenters. The van der Waals surface area contributed by atoms with Crippen molar-refractivity contribution in [2.45, 2.75) is 50.9 Å². The number of carbonyl (C=O) groups excluding carboxylic acids is 6. The van der Waals surface area contributed by atoms with Crippen molar-refractivity contribution >= 4 is 150 Å². The van der Waals surface area contributed by atoms with Gasteiger partial charge in [-0.3, -0.25) is 24.4 Å². The van der Waals surface area contributed by atoms with Crippen LogP contribution >= 0.6 is 15.9 Å². The molecule has 0 atom stereocenters. The molecule has 4 aliphatic heterocycles. The molecule has 0 bridgehead atoms. The van der Waals surface area contributed by atoms with Crippen molar-refractivity contribution in [3.05, 3.63) is 262 Å². The summed E-state index contributed by atoms with van der Waals surface area (Å²) in [6, 6.07) is 49.8. The first-order chi connectivity index (χ1) is 64.3. The van der Waals surface area contributed by atoms with Gasteiger partial charge in [-0.25, -0.2) is 68.3 Å². The molecule has 0 spiro atoms. The Labute approximate surface area is 766 Å². The number of carboxylic acid groups (broad SMARTS) is 1. The van der Waals surface area contributed by atoms with Gasteiger partial charge in [0.05, 0.1) is 95.6 Å². The maximum atomic E-state index is 13.6. The molecule has 0 saturated heterocycles. The van der Waals surface area contributed by atoms with Crippen molar-refractivity contribution in [3.63, 3.8) is 0 Å². The summed E-state index contributed by atoms with van der Waals surface area (Å²) in [6.45, 7) is -4.86. The van der Waals surface area contributed by atoms with Crippen LogP contribution in [-0.2, 0) is 30.9 Å². The van der Waals surface area contributed by atoms with E-state index in [0.717, 1.165) is 4.47 Å². The van der Waals surface area contributed by atoms with Crippen molar-refractivity contribution in [2.24, 2.45) is 5.73 Å². The van der Waals surface area contributed by atoms with Crippen LogP contribution in [-0.4, -0.2) is 173 Å². The van der Waals surface area contributed by atoms with E-state index in [-0.39, 0.29) is 95.6 Å². The molecule has 0 saturated carbocycles. The summed E-state index contributed by atoms with van der Waals surface area (Å²) in [4.78, 5) is 132. The average molecular weight is 1940 g/mol. The number of carbonyl (C=O) groups is 7. The Hall–Kier alpha value is -16.4. The van der Waals surface area contributed by atoms with E-state index in [9.17, 15) is 91.4 Å². The number of nitrogens with one attached hydrogen (secondary N) is 4. The minimum absolute atomic E-state index is 0.00987. The van der Waals surface area contributed by atoms with Gasteiger partial charge in [0.1, 0.15) is 49.2 Å². The molecular weight excluding hydrogens is 1870 g/mol. The fourth-order valence-corrected chi connectivity index (χ4v) is 13.7. The summed E-state index contributed by atoms with van der Waals surface area (Å²) in [5.74, 6) is -0.366. The lowest BCUT2D eigenvalue weighted by Gasteiger charge is -2.36. The molecule has 4 aromatic heterocycles. The van der Waals surface area contributed by atoms with Gasteiger partial charge >= 0.3 is 60.8 Å². The monoisotopic (exact) mass is 1940 g/mol. The molecule has 4 aliphatic rings. The van der Waals surface area contributed by atoms with Crippen LogP contribution in [0.5, 0.6) is 23.0 Å². The molecule has 34 nitrogen and oxygen atoms in total. The van der Waals surface area contributed by atoms with Gasteiger partial charge < -0.3 is 55.8 Å². The Kier molecular flexibility index (Phi) is 29.2.